The number of thiocarbonyl (C=S) groups is 1. The second-order valence-corrected chi connectivity index (χ2v) is 6.86. The Morgan fingerprint density at radius 2 is 2.00 bits per heavy atom. The number of nitrogens with one attached hydrogen (secondary N) is 1. The molecule has 1 amide bonds. The summed E-state index contributed by atoms with van der Waals surface area (Å²) < 4.78 is 0. The van der Waals surface area contributed by atoms with Crippen LogP contribution in [0.5, 0.6) is 0 Å². The van der Waals surface area contributed by atoms with Crippen molar-refractivity contribution >= 4 is 23.1 Å². The van der Waals surface area contributed by atoms with E-state index in [1.807, 2.05) is 0 Å². The number of carbonyl (C=O) groups excluding carboxylic acids is 1. The highest BCUT2D eigenvalue weighted by molar-refractivity contribution is 7.80. The zero-order valence-corrected chi connectivity index (χ0v) is 12.8. The average Bonchev–Trinajstić information content (AvgIpc) is 2.33. The maximum atomic E-state index is 12.4. The third kappa shape index (κ3) is 3.08. The summed E-state index contributed by atoms with van der Waals surface area (Å²) in [5.41, 5.74) is 5.23. The van der Waals surface area contributed by atoms with Crippen molar-refractivity contribution in [3.05, 3.63) is 0 Å². The highest BCUT2D eigenvalue weighted by atomic mass is 32.1. The van der Waals surface area contributed by atoms with Crippen LogP contribution in [0.2, 0.25) is 0 Å². The lowest BCUT2D eigenvalue weighted by molar-refractivity contribution is -0.133. The molecule has 2 fully saturated rings. The van der Waals surface area contributed by atoms with Gasteiger partial charge in [-0.15, -0.1) is 0 Å². The first-order chi connectivity index (χ1) is 8.94. The molecule has 0 aromatic heterocycles. The summed E-state index contributed by atoms with van der Waals surface area (Å²) in [6.07, 6.45) is 3.93. The molecule has 108 valence electrons. The average molecular weight is 283 g/mol. The summed E-state index contributed by atoms with van der Waals surface area (Å²) in [5.74, 6) is 1.20. The summed E-state index contributed by atoms with van der Waals surface area (Å²) >= 11 is 5.11. The maximum absolute atomic E-state index is 12.4. The van der Waals surface area contributed by atoms with Gasteiger partial charge in [0.05, 0.1) is 10.4 Å². The number of amides is 1. The fourth-order valence-electron chi connectivity index (χ4n) is 3.30. The highest BCUT2D eigenvalue weighted by Gasteiger charge is 2.50. The number of hydrogen-bond donors (Lipinski definition) is 2. The Morgan fingerprint density at radius 3 is 2.47 bits per heavy atom. The van der Waals surface area contributed by atoms with Crippen molar-refractivity contribution in [3.63, 3.8) is 0 Å². The monoisotopic (exact) mass is 283 g/mol. The third-order valence-corrected chi connectivity index (χ3v) is 5.08. The summed E-state index contributed by atoms with van der Waals surface area (Å²) in [4.78, 5) is 15.1. The van der Waals surface area contributed by atoms with Gasteiger partial charge in [0.15, 0.2) is 0 Å². The smallest absolute Gasteiger partial charge is 0.233 e. The standard InChI is InChI=1S/C14H25N3OS/c1-10-7-14(8-10,12(15)19)13(18)16-9-11-3-5-17(2)6-4-11/h10-11H,3-9H2,1-2H3,(H2,15,19)(H,16,18). The Balaban J connectivity index is 1.82. The SMILES string of the molecule is CC1CC(C(=O)NCC2CCN(C)CC2)(C(N)=S)C1. The van der Waals surface area contributed by atoms with Crippen LogP contribution in [0.15, 0.2) is 0 Å². The molecule has 1 saturated heterocycles. The summed E-state index contributed by atoms with van der Waals surface area (Å²) in [5, 5.41) is 3.09. The van der Waals surface area contributed by atoms with Crippen molar-refractivity contribution in [2.24, 2.45) is 23.0 Å². The zero-order valence-electron chi connectivity index (χ0n) is 11.9. The second kappa shape index (κ2) is 5.75. The van der Waals surface area contributed by atoms with Gasteiger partial charge in [0.1, 0.15) is 0 Å². The molecule has 2 rings (SSSR count). The molecule has 0 spiro atoms. The van der Waals surface area contributed by atoms with Crippen LogP contribution in [-0.4, -0.2) is 42.5 Å². The van der Waals surface area contributed by atoms with Gasteiger partial charge in [-0.25, -0.2) is 0 Å². The van der Waals surface area contributed by atoms with Gasteiger partial charge >= 0.3 is 0 Å². The quantitative estimate of drug-likeness (QED) is 0.760. The fourth-order valence-corrected chi connectivity index (χ4v) is 3.56. The van der Waals surface area contributed by atoms with Gasteiger partial charge in [-0.2, -0.15) is 0 Å². The normalized spacial score (nSPS) is 32.6. The van der Waals surface area contributed by atoms with Crippen LogP contribution in [-0.2, 0) is 4.79 Å². The number of piperidine rings is 1. The zero-order chi connectivity index (χ0) is 14.0. The van der Waals surface area contributed by atoms with Crippen LogP contribution in [0, 0.1) is 17.3 Å². The molecule has 3 N–H and O–H groups in total. The lowest BCUT2D eigenvalue weighted by Crippen LogP contribution is -2.56. The van der Waals surface area contributed by atoms with Crippen LogP contribution < -0.4 is 11.1 Å². The van der Waals surface area contributed by atoms with E-state index in [2.05, 4.69) is 24.2 Å². The van der Waals surface area contributed by atoms with Gasteiger partial charge in [-0.05, 0) is 57.7 Å². The minimum atomic E-state index is -0.555. The van der Waals surface area contributed by atoms with Crippen molar-refractivity contribution in [2.45, 2.75) is 32.6 Å². The number of nitrogens with two attached hydrogens (primary N) is 1. The van der Waals surface area contributed by atoms with E-state index in [4.69, 9.17) is 18.0 Å². The minimum absolute atomic E-state index is 0.0528. The number of hydrogen-bond acceptors (Lipinski definition) is 3. The predicted molar refractivity (Wildman–Crippen MR) is 80.8 cm³/mol. The van der Waals surface area contributed by atoms with Crippen molar-refractivity contribution in [1.82, 2.24) is 10.2 Å². The second-order valence-electron chi connectivity index (χ2n) is 6.42. The lowest BCUT2D eigenvalue weighted by atomic mass is 9.62. The Hall–Kier alpha value is -0.680. The summed E-state index contributed by atoms with van der Waals surface area (Å²) in [6.45, 7) is 5.15. The molecule has 1 saturated carbocycles. The van der Waals surface area contributed by atoms with E-state index < -0.39 is 5.41 Å². The van der Waals surface area contributed by atoms with Gasteiger partial charge < -0.3 is 16.0 Å². The molecule has 0 atom stereocenters. The van der Waals surface area contributed by atoms with E-state index >= 15 is 0 Å². The van der Waals surface area contributed by atoms with Crippen LogP contribution in [0.4, 0.5) is 0 Å². The first kappa shape index (κ1) is 14.7. The Bertz CT molecular complexity index is 358. The molecule has 0 aromatic carbocycles. The Labute approximate surface area is 121 Å². The molecule has 0 bridgehead atoms. The van der Waals surface area contributed by atoms with Crippen molar-refractivity contribution < 1.29 is 4.79 Å². The number of likely N-dealkylation sites (tertiary alicyclic amines) is 1. The topological polar surface area (TPSA) is 58.4 Å². The van der Waals surface area contributed by atoms with Gasteiger partial charge in [-0.1, -0.05) is 19.1 Å². The molecule has 1 heterocycles. The predicted octanol–water partition coefficient (Wildman–Crippen LogP) is 1.15. The summed E-state index contributed by atoms with van der Waals surface area (Å²) in [6, 6.07) is 0. The Kier molecular flexibility index (Phi) is 4.46. The van der Waals surface area contributed by atoms with Crippen LogP contribution in [0.1, 0.15) is 32.6 Å². The number of nitrogens with zero attached hydrogens (tertiary/aromatic N) is 1. The van der Waals surface area contributed by atoms with Crippen LogP contribution >= 0.6 is 12.2 Å². The van der Waals surface area contributed by atoms with Crippen LogP contribution in [0.25, 0.3) is 0 Å². The fraction of sp³-hybridized carbons (Fsp3) is 0.857. The maximum Gasteiger partial charge on any atom is 0.233 e. The minimum Gasteiger partial charge on any atom is -0.392 e. The van der Waals surface area contributed by atoms with Crippen molar-refractivity contribution in [3.8, 4) is 0 Å². The first-order valence-corrected chi connectivity index (χ1v) is 7.61. The third-order valence-electron chi connectivity index (χ3n) is 4.69. The van der Waals surface area contributed by atoms with Gasteiger partial charge in [0, 0.05) is 6.54 Å². The van der Waals surface area contributed by atoms with Gasteiger partial charge in [0.25, 0.3) is 0 Å². The molecule has 5 heteroatoms. The molecule has 1 aliphatic carbocycles. The molecule has 0 radical (unpaired) electrons. The van der Waals surface area contributed by atoms with E-state index in [1.54, 1.807) is 0 Å². The molecule has 2 aliphatic rings. The molecule has 0 aromatic rings. The number of carbonyl (C=O) groups is 1. The van der Waals surface area contributed by atoms with E-state index in [-0.39, 0.29) is 5.91 Å². The van der Waals surface area contributed by atoms with E-state index in [0.29, 0.717) is 16.8 Å². The molecule has 1 aliphatic heterocycles. The molecule has 4 nitrogen and oxygen atoms in total. The molecule has 19 heavy (non-hydrogen) atoms. The first-order valence-electron chi connectivity index (χ1n) is 7.21. The summed E-state index contributed by atoms with van der Waals surface area (Å²) in [7, 11) is 2.15. The van der Waals surface area contributed by atoms with E-state index in [0.717, 1.165) is 45.3 Å². The Morgan fingerprint density at radius 1 is 1.42 bits per heavy atom. The van der Waals surface area contributed by atoms with Crippen LogP contribution in [0.3, 0.4) is 0 Å². The van der Waals surface area contributed by atoms with Gasteiger partial charge in [-0.3, -0.25) is 4.79 Å². The lowest BCUT2D eigenvalue weighted by Gasteiger charge is -2.44. The van der Waals surface area contributed by atoms with Crippen molar-refractivity contribution in [2.75, 3.05) is 26.7 Å². The molecule has 0 unspecified atom stereocenters. The van der Waals surface area contributed by atoms with E-state index in [9.17, 15) is 4.79 Å². The highest BCUT2D eigenvalue weighted by Crippen LogP contribution is 2.46. The van der Waals surface area contributed by atoms with Crippen molar-refractivity contribution in [1.29, 1.82) is 0 Å². The largest absolute Gasteiger partial charge is 0.392 e. The molecular formula is C14H25N3OS. The number of rotatable bonds is 4. The van der Waals surface area contributed by atoms with E-state index in [1.165, 1.54) is 0 Å². The molecular weight excluding hydrogens is 258 g/mol. The van der Waals surface area contributed by atoms with Gasteiger partial charge in [0.2, 0.25) is 5.91 Å².